The lowest BCUT2D eigenvalue weighted by Gasteiger charge is -2.53. The standard InChI is InChI=1S/C33H40N3O10P/c1-6-45-47(44,46-7-2)32(17-11-9-8-10-12-17)35-21-14-13-18-16(3)19-15-20-25(36(4)5)28(39)24(31(34)42)30(41)33(20,43)29(40)23(19)27(38)22(18)26(21)37/h8-14,16,19-20,23-25,32,35,37,43H,6-7,15H2,1-5H3,(H2,34,42)/t16-,19+,20-,23?,24?,25-,32?,33-/m0/s1. The molecule has 3 aliphatic carbocycles. The molecule has 252 valence electrons. The van der Waals surface area contributed by atoms with Crippen molar-refractivity contribution >= 4 is 42.3 Å². The van der Waals surface area contributed by atoms with E-state index in [4.69, 9.17) is 14.8 Å². The number of hydrogen-bond donors (Lipinski definition) is 4. The van der Waals surface area contributed by atoms with Gasteiger partial charge in [0.1, 0.15) is 5.75 Å². The molecule has 0 aromatic heterocycles. The summed E-state index contributed by atoms with van der Waals surface area (Å²) in [6, 6.07) is 10.6. The molecule has 0 aliphatic heterocycles. The van der Waals surface area contributed by atoms with Gasteiger partial charge in [0, 0.05) is 5.92 Å². The quantitative estimate of drug-likeness (QED) is 0.164. The van der Waals surface area contributed by atoms with E-state index < -0.39 is 89.4 Å². The number of aliphatic hydroxyl groups is 1. The summed E-state index contributed by atoms with van der Waals surface area (Å²) in [5.74, 6) is -13.1. The second-order valence-corrected chi connectivity index (χ2v) is 14.6. The topological polar surface area (TPSA) is 203 Å². The first-order valence-corrected chi connectivity index (χ1v) is 17.2. The van der Waals surface area contributed by atoms with Gasteiger partial charge >= 0.3 is 7.60 Å². The molecule has 1 amide bonds. The van der Waals surface area contributed by atoms with Crippen LogP contribution in [0.3, 0.4) is 0 Å². The number of amides is 1. The number of phenolic OH excluding ortho intramolecular Hbond substituents is 1. The molecule has 14 heteroatoms. The zero-order valence-electron chi connectivity index (χ0n) is 26.8. The minimum atomic E-state index is -3.89. The van der Waals surface area contributed by atoms with E-state index in [1.807, 2.05) is 0 Å². The van der Waals surface area contributed by atoms with Gasteiger partial charge in [0.2, 0.25) is 5.91 Å². The summed E-state index contributed by atoms with van der Waals surface area (Å²) in [5, 5.41) is 26.5. The number of hydrogen-bond acceptors (Lipinski definition) is 12. The van der Waals surface area contributed by atoms with Gasteiger partial charge in [-0.15, -0.1) is 0 Å². The summed E-state index contributed by atoms with van der Waals surface area (Å²) in [7, 11) is -0.830. The summed E-state index contributed by atoms with van der Waals surface area (Å²) in [6.45, 7) is 5.24. The van der Waals surface area contributed by atoms with Crippen molar-refractivity contribution in [1.82, 2.24) is 4.90 Å². The number of nitrogens with zero attached hydrogens (tertiary/aromatic N) is 1. The largest absolute Gasteiger partial charge is 0.505 e. The molecule has 0 bridgehead atoms. The molecular formula is C33H40N3O10P. The van der Waals surface area contributed by atoms with Gasteiger partial charge in [-0.25, -0.2) is 0 Å². The Hall–Kier alpha value is -3.74. The summed E-state index contributed by atoms with van der Waals surface area (Å²) in [4.78, 5) is 69.1. The van der Waals surface area contributed by atoms with Crippen molar-refractivity contribution < 1.29 is 47.8 Å². The van der Waals surface area contributed by atoms with Crippen molar-refractivity contribution in [3.63, 3.8) is 0 Å². The van der Waals surface area contributed by atoms with Crippen molar-refractivity contribution in [2.45, 2.75) is 50.5 Å². The van der Waals surface area contributed by atoms with Gasteiger partial charge in [0.05, 0.1) is 36.4 Å². The number of likely N-dealkylation sites (N-methyl/N-ethyl adjacent to an activating group) is 1. The Balaban J connectivity index is 1.60. The van der Waals surface area contributed by atoms with E-state index in [2.05, 4.69) is 5.32 Å². The second-order valence-electron chi connectivity index (χ2n) is 12.5. The van der Waals surface area contributed by atoms with Crippen LogP contribution in [0.1, 0.15) is 60.4 Å². The number of aromatic hydroxyl groups is 1. The number of fused-ring (bicyclic) bond motifs is 3. The summed E-state index contributed by atoms with van der Waals surface area (Å²) in [5.41, 5.74) is 3.34. The molecular weight excluding hydrogens is 629 g/mol. The number of nitrogens with one attached hydrogen (secondary N) is 1. The van der Waals surface area contributed by atoms with Gasteiger partial charge in [0.15, 0.2) is 40.4 Å². The number of Topliss-reactive ketones (excluding diaryl/α,β-unsaturated/α-hetero) is 4. The molecule has 0 heterocycles. The van der Waals surface area contributed by atoms with Gasteiger partial charge < -0.3 is 30.3 Å². The number of primary amides is 1. The Morgan fingerprint density at radius 3 is 2.23 bits per heavy atom. The first-order valence-electron chi connectivity index (χ1n) is 15.6. The van der Waals surface area contributed by atoms with Crippen LogP contribution in [-0.2, 0) is 32.8 Å². The molecule has 3 unspecified atom stereocenters. The van der Waals surface area contributed by atoms with E-state index in [0.29, 0.717) is 11.1 Å². The average Bonchev–Trinajstić information content (AvgIpc) is 3.01. The third kappa shape index (κ3) is 5.34. The average molecular weight is 670 g/mol. The van der Waals surface area contributed by atoms with Crippen LogP contribution < -0.4 is 11.1 Å². The van der Waals surface area contributed by atoms with Gasteiger partial charge in [-0.3, -0.25) is 33.4 Å². The Morgan fingerprint density at radius 1 is 1.06 bits per heavy atom. The lowest BCUT2D eigenvalue weighted by molar-refractivity contribution is -0.181. The van der Waals surface area contributed by atoms with Crippen LogP contribution in [0.25, 0.3) is 0 Å². The summed E-state index contributed by atoms with van der Waals surface area (Å²) in [6.07, 6.45) is -0.0617. The maximum atomic E-state index is 14.3. The smallest absolute Gasteiger partial charge is 0.357 e. The van der Waals surface area contributed by atoms with E-state index in [1.165, 1.54) is 25.1 Å². The molecule has 5 N–H and O–H groups in total. The monoisotopic (exact) mass is 669 g/mol. The van der Waals surface area contributed by atoms with Crippen LogP contribution in [-0.4, -0.2) is 83.1 Å². The fourth-order valence-corrected chi connectivity index (χ4v) is 9.63. The highest BCUT2D eigenvalue weighted by atomic mass is 31.2. The summed E-state index contributed by atoms with van der Waals surface area (Å²) >= 11 is 0. The highest BCUT2D eigenvalue weighted by Gasteiger charge is 2.70. The fraction of sp³-hybridized carbons (Fsp3) is 0.485. The van der Waals surface area contributed by atoms with Crippen molar-refractivity contribution in [2.24, 2.45) is 29.4 Å². The van der Waals surface area contributed by atoms with Crippen LogP contribution in [0.2, 0.25) is 0 Å². The van der Waals surface area contributed by atoms with Gasteiger partial charge in [-0.1, -0.05) is 43.3 Å². The van der Waals surface area contributed by atoms with Crippen molar-refractivity contribution in [3.05, 3.63) is 59.2 Å². The van der Waals surface area contributed by atoms with Crippen LogP contribution in [0, 0.1) is 23.7 Å². The summed E-state index contributed by atoms with van der Waals surface area (Å²) < 4.78 is 25.3. The fourth-order valence-electron chi connectivity index (χ4n) is 7.71. The van der Waals surface area contributed by atoms with E-state index in [-0.39, 0.29) is 30.9 Å². The van der Waals surface area contributed by atoms with Crippen LogP contribution in [0.4, 0.5) is 5.69 Å². The number of anilines is 1. The number of carbonyl (C=O) groups excluding carboxylic acids is 5. The minimum Gasteiger partial charge on any atom is -0.505 e. The van der Waals surface area contributed by atoms with Gasteiger partial charge in [-0.2, -0.15) is 0 Å². The first kappa shape index (κ1) is 34.6. The molecule has 0 spiro atoms. The number of benzene rings is 2. The Labute approximate surface area is 272 Å². The van der Waals surface area contributed by atoms with Gasteiger partial charge in [-0.05, 0) is 63.4 Å². The molecule has 0 radical (unpaired) electrons. The number of carbonyl (C=O) groups is 5. The molecule has 2 aromatic rings. The Morgan fingerprint density at radius 2 is 1.68 bits per heavy atom. The lowest BCUT2D eigenvalue weighted by atomic mass is 9.50. The maximum absolute atomic E-state index is 14.3. The maximum Gasteiger partial charge on any atom is 0.357 e. The molecule has 2 fully saturated rings. The zero-order valence-corrected chi connectivity index (χ0v) is 27.7. The predicted octanol–water partition coefficient (Wildman–Crippen LogP) is 2.80. The third-order valence-corrected chi connectivity index (χ3v) is 12.1. The van der Waals surface area contributed by atoms with Crippen LogP contribution >= 0.6 is 7.60 Å². The number of phenols is 1. The molecule has 5 rings (SSSR count). The van der Waals surface area contributed by atoms with Crippen molar-refractivity contribution in [3.8, 4) is 5.75 Å². The lowest BCUT2D eigenvalue weighted by Crippen LogP contribution is -2.74. The Kier molecular flexibility index (Phi) is 9.35. The Bertz CT molecular complexity index is 1670. The van der Waals surface area contributed by atoms with Crippen molar-refractivity contribution in [1.29, 1.82) is 0 Å². The third-order valence-electron chi connectivity index (χ3n) is 9.80. The molecule has 47 heavy (non-hydrogen) atoms. The molecule has 13 nitrogen and oxygen atoms in total. The molecule has 0 saturated heterocycles. The molecule has 8 atom stereocenters. The van der Waals surface area contributed by atoms with Gasteiger partial charge in [0.25, 0.3) is 0 Å². The first-order chi connectivity index (χ1) is 22.1. The van der Waals surface area contributed by atoms with Crippen LogP contribution in [0.5, 0.6) is 5.75 Å². The number of rotatable bonds is 10. The van der Waals surface area contributed by atoms with Crippen LogP contribution in [0.15, 0.2) is 42.5 Å². The minimum absolute atomic E-state index is 0.0110. The normalized spacial score (nSPS) is 29.6. The number of nitrogens with two attached hydrogens (primary N) is 1. The van der Waals surface area contributed by atoms with E-state index in [0.717, 1.165) is 0 Å². The second kappa shape index (κ2) is 12.7. The molecule has 3 aliphatic rings. The van der Waals surface area contributed by atoms with E-state index >= 15 is 0 Å². The number of ketones is 4. The highest BCUT2D eigenvalue weighted by molar-refractivity contribution is 7.54. The SMILES string of the molecule is CCOP(=O)(OCC)C(Nc1ccc2c(c1O)C(=O)C1C(=O)[C@]3(O)C(=O)C(C(N)=O)C(=O)[C@@H](N(C)C)[C@@H]3C[C@@H]1[C@H]2C)c1ccccc1. The predicted molar refractivity (Wildman–Crippen MR) is 170 cm³/mol. The molecule has 2 saturated carbocycles. The van der Waals surface area contributed by atoms with Crippen molar-refractivity contribution in [2.75, 3.05) is 32.6 Å². The van der Waals surface area contributed by atoms with E-state index in [9.17, 15) is 38.8 Å². The molecule has 2 aromatic carbocycles. The highest BCUT2D eigenvalue weighted by Crippen LogP contribution is 2.62. The van der Waals surface area contributed by atoms with E-state index in [1.54, 1.807) is 57.2 Å². The zero-order chi connectivity index (χ0) is 34.6.